The van der Waals surface area contributed by atoms with Gasteiger partial charge in [0.25, 0.3) is 0 Å². The van der Waals surface area contributed by atoms with Crippen LogP contribution in [0.25, 0.3) is 0 Å². The van der Waals surface area contributed by atoms with Gasteiger partial charge in [0.1, 0.15) is 0 Å². The zero-order valence-electron chi connectivity index (χ0n) is 11.3. The van der Waals surface area contributed by atoms with Gasteiger partial charge in [0, 0.05) is 26.2 Å². The first-order valence-corrected chi connectivity index (χ1v) is 6.96. The summed E-state index contributed by atoms with van der Waals surface area (Å²) in [5.74, 6) is 1.70. The standard InChI is InChI=1S/C12H22N4OS/c1-9(2)16-11(13-14-12(16)18)15(3)6-7-17-8-10-4-5-10/h9-10H,4-8H2,1-3H3,(H,14,18). The topological polar surface area (TPSA) is 46.1 Å². The predicted octanol–water partition coefficient (Wildman–Crippen LogP) is 2.38. The van der Waals surface area contributed by atoms with Gasteiger partial charge in [-0.05, 0) is 44.8 Å². The Balaban J connectivity index is 1.86. The van der Waals surface area contributed by atoms with Crippen LogP contribution in [0.2, 0.25) is 0 Å². The molecule has 0 bridgehead atoms. The molecule has 6 heteroatoms. The highest BCUT2D eigenvalue weighted by molar-refractivity contribution is 7.71. The van der Waals surface area contributed by atoms with E-state index in [4.69, 9.17) is 17.0 Å². The summed E-state index contributed by atoms with van der Waals surface area (Å²) in [6.45, 7) is 6.69. The first-order valence-electron chi connectivity index (χ1n) is 6.55. The Bertz CT molecular complexity index is 436. The number of nitrogens with one attached hydrogen (secondary N) is 1. The number of hydrogen-bond acceptors (Lipinski definition) is 4. The van der Waals surface area contributed by atoms with E-state index in [1.165, 1.54) is 12.8 Å². The van der Waals surface area contributed by atoms with Crippen molar-refractivity contribution in [1.29, 1.82) is 0 Å². The maximum absolute atomic E-state index is 5.64. The van der Waals surface area contributed by atoms with Crippen molar-refractivity contribution in [1.82, 2.24) is 14.8 Å². The minimum atomic E-state index is 0.307. The third-order valence-corrected chi connectivity index (χ3v) is 3.45. The number of hydrogen-bond donors (Lipinski definition) is 1. The van der Waals surface area contributed by atoms with Gasteiger partial charge in [-0.1, -0.05) is 0 Å². The number of rotatable bonds is 7. The molecule has 2 rings (SSSR count). The van der Waals surface area contributed by atoms with Crippen molar-refractivity contribution in [2.45, 2.75) is 32.7 Å². The number of anilines is 1. The molecule has 1 aromatic heterocycles. The number of aromatic nitrogens is 3. The maximum Gasteiger partial charge on any atom is 0.225 e. The van der Waals surface area contributed by atoms with Gasteiger partial charge in [0.05, 0.1) is 6.61 Å². The van der Waals surface area contributed by atoms with E-state index in [-0.39, 0.29) is 0 Å². The molecule has 0 atom stereocenters. The summed E-state index contributed by atoms with van der Waals surface area (Å²) in [4.78, 5) is 2.08. The van der Waals surface area contributed by atoms with Crippen LogP contribution >= 0.6 is 12.2 Å². The van der Waals surface area contributed by atoms with Crippen LogP contribution in [0.15, 0.2) is 0 Å². The molecular formula is C12H22N4OS. The van der Waals surface area contributed by atoms with Gasteiger partial charge in [-0.25, -0.2) is 5.10 Å². The highest BCUT2D eigenvalue weighted by Gasteiger charge is 2.21. The van der Waals surface area contributed by atoms with Gasteiger partial charge in [-0.3, -0.25) is 4.57 Å². The summed E-state index contributed by atoms with van der Waals surface area (Å²) in [7, 11) is 2.02. The van der Waals surface area contributed by atoms with E-state index in [9.17, 15) is 0 Å². The Kier molecular flexibility index (Phi) is 4.40. The Labute approximate surface area is 113 Å². The Morgan fingerprint density at radius 1 is 1.56 bits per heavy atom. The smallest absolute Gasteiger partial charge is 0.225 e. The lowest BCUT2D eigenvalue weighted by Gasteiger charge is -2.20. The molecular weight excluding hydrogens is 248 g/mol. The summed E-state index contributed by atoms with van der Waals surface area (Å²) >= 11 is 5.23. The van der Waals surface area contributed by atoms with Crippen LogP contribution < -0.4 is 4.90 Å². The van der Waals surface area contributed by atoms with E-state index in [1.807, 2.05) is 11.6 Å². The monoisotopic (exact) mass is 270 g/mol. The number of H-pyrrole nitrogens is 1. The SMILES string of the molecule is CC(C)n1c(N(C)CCOCC2CC2)n[nH]c1=S. The van der Waals surface area contributed by atoms with Crippen molar-refractivity contribution >= 4 is 18.2 Å². The lowest BCUT2D eigenvalue weighted by atomic mass is 10.4. The van der Waals surface area contributed by atoms with Crippen molar-refractivity contribution in [2.75, 3.05) is 31.7 Å². The van der Waals surface area contributed by atoms with Gasteiger partial charge in [-0.15, -0.1) is 5.10 Å². The molecule has 102 valence electrons. The second-order valence-corrected chi connectivity index (χ2v) is 5.62. The first-order chi connectivity index (χ1) is 8.59. The highest BCUT2D eigenvalue weighted by Crippen LogP contribution is 2.28. The van der Waals surface area contributed by atoms with Gasteiger partial charge >= 0.3 is 0 Å². The number of nitrogens with zero attached hydrogens (tertiary/aromatic N) is 3. The van der Waals surface area contributed by atoms with Crippen molar-refractivity contribution < 1.29 is 4.74 Å². The van der Waals surface area contributed by atoms with E-state index in [0.29, 0.717) is 10.8 Å². The lowest BCUT2D eigenvalue weighted by Crippen LogP contribution is -2.26. The predicted molar refractivity (Wildman–Crippen MR) is 74.6 cm³/mol. The van der Waals surface area contributed by atoms with Crippen molar-refractivity contribution in [3.8, 4) is 0 Å². The van der Waals surface area contributed by atoms with Crippen LogP contribution in [-0.2, 0) is 4.74 Å². The van der Waals surface area contributed by atoms with Crippen molar-refractivity contribution in [3.05, 3.63) is 4.77 Å². The fourth-order valence-electron chi connectivity index (χ4n) is 1.87. The zero-order valence-corrected chi connectivity index (χ0v) is 12.2. The molecule has 0 unspecified atom stereocenters. The summed E-state index contributed by atoms with van der Waals surface area (Å²) in [5, 5.41) is 7.13. The maximum atomic E-state index is 5.64. The molecule has 1 aromatic rings. The van der Waals surface area contributed by atoms with E-state index in [0.717, 1.165) is 31.6 Å². The fourth-order valence-corrected chi connectivity index (χ4v) is 2.21. The molecule has 0 radical (unpaired) electrons. The van der Waals surface area contributed by atoms with Crippen molar-refractivity contribution in [3.63, 3.8) is 0 Å². The minimum absolute atomic E-state index is 0.307. The third kappa shape index (κ3) is 3.32. The summed E-state index contributed by atoms with van der Waals surface area (Å²) < 4.78 is 8.34. The van der Waals surface area contributed by atoms with E-state index in [1.54, 1.807) is 0 Å². The molecule has 0 amide bonds. The van der Waals surface area contributed by atoms with Crippen LogP contribution in [0.4, 0.5) is 5.95 Å². The normalized spacial score (nSPS) is 15.3. The van der Waals surface area contributed by atoms with E-state index >= 15 is 0 Å². The number of likely N-dealkylation sites (N-methyl/N-ethyl adjacent to an activating group) is 1. The molecule has 0 spiro atoms. The quantitative estimate of drug-likeness (QED) is 0.610. The zero-order chi connectivity index (χ0) is 13.1. The fraction of sp³-hybridized carbons (Fsp3) is 0.833. The van der Waals surface area contributed by atoms with E-state index in [2.05, 4.69) is 28.9 Å². The molecule has 0 saturated heterocycles. The van der Waals surface area contributed by atoms with Crippen LogP contribution in [0.1, 0.15) is 32.7 Å². The summed E-state index contributed by atoms with van der Waals surface area (Å²) in [6.07, 6.45) is 2.67. The molecule has 1 aliphatic carbocycles. The Morgan fingerprint density at radius 2 is 2.28 bits per heavy atom. The molecule has 5 nitrogen and oxygen atoms in total. The Morgan fingerprint density at radius 3 is 2.89 bits per heavy atom. The summed E-state index contributed by atoms with van der Waals surface area (Å²) in [6, 6.07) is 0.307. The van der Waals surface area contributed by atoms with Gasteiger partial charge in [0.15, 0.2) is 4.77 Å². The first kappa shape index (κ1) is 13.5. The average molecular weight is 270 g/mol. The number of ether oxygens (including phenoxy) is 1. The Hall–Kier alpha value is -0.880. The largest absolute Gasteiger partial charge is 0.379 e. The minimum Gasteiger partial charge on any atom is -0.379 e. The van der Waals surface area contributed by atoms with Gasteiger partial charge < -0.3 is 9.64 Å². The number of aromatic amines is 1. The average Bonchev–Trinajstić information content (AvgIpc) is 3.05. The summed E-state index contributed by atoms with van der Waals surface area (Å²) in [5.41, 5.74) is 0. The second kappa shape index (κ2) is 5.84. The lowest BCUT2D eigenvalue weighted by molar-refractivity contribution is 0.130. The molecule has 1 heterocycles. The highest BCUT2D eigenvalue weighted by atomic mass is 32.1. The van der Waals surface area contributed by atoms with Crippen LogP contribution in [-0.4, -0.2) is 41.6 Å². The molecule has 1 aliphatic rings. The van der Waals surface area contributed by atoms with Crippen LogP contribution in [0.5, 0.6) is 0 Å². The van der Waals surface area contributed by atoms with Crippen LogP contribution in [0, 0.1) is 10.7 Å². The van der Waals surface area contributed by atoms with Gasteiger partial charge in [-0.2, -0.15) is 0 Å². The van der Waals surface area contributed by atoms with E-state index < -0.39 is 0 Å². The third-order valence-electron chi connectivity index (χ3n) is 3.17. The molecule has 1 saturated carbocycles. The molecule has 18 heavy (non-hydrogen) atoms. The van der Waals surface area contributed by atoms with Crippen molar-refractivity contribution in [2.24, 2.45) is 5.92 Å². The molecule has 0 aliphatic heterocycles. The van der Waals surface area contributed by atoms with Gasteiger partial charge in [0.2, 0.25) is 5.95 Å². The van der Waals surface area contributed by atoms with Crippen LogP contribution in [0.3, 0.4) is 0 Å². The molecule has 1 fully saturated rings. The molecule has 1 N–H and O–H groups in total. The molecule has 0 aromatic carbocycles. The second-order valence-electron chi connectivity index (χ2n) is 5.23.